The highest BCUT2D eigenvalue weighted by Gasteiger charge is 2.32. The molecule has 0 fully saturated rings. The molecule has 1 rings (SSSR count). The molecular formula is C12H12F6N2O. The molecule has 0 saturated carbocycles. The van der Waals surface area contributed by atoms with Crippen LogP contribution in [0.2, 0.25) is 0 Å². The molecule has 0 aromatic heterocycles. The second kappa shape index (κ2) is 6.33. The van der Waals surface area contributed by atoms with Crippen LogP contribution in [0.3, 0.4) is 0 Å². The lowest BCUT2D eigenvalue weighted by molar-refractivity contribution is -0.138. The zero-order valence-electron chi connectivity index (χ0n) is 10.8. The number of benzene rings is 1. The van der Waals surface area contributed by atoms with E-state index in [0.29, 0.717) is 0 Å². The highest BCUT2D eigenvalue weighted by Crippen LogP contribution is 2.33. The molecule has 0 aliphatic carbocycles. The molecule has 0 atom stereocenters. The second-order valence-corrected chi connectivity index (χ2v) is 4.29. The Morgan fingerprint density at radius 3 is 2.29 bits per heavy atom. The minimum atomic E-state index is -4.57. The topological polar surface area (TPSA) is 41.1 Å². The molecule has 9 heteroatoms. The van der Waals surface area contributed by atoms with E-state index in [0.717, 1.165) is 6.07 Å². The molecule has 0 heterocycles. The van der Waals surface area contributed by atoms with E-state index in [9.17, 15) is 31.1 Å². The van der Waals surface area contributed by atoms with Crippen LogP contribution >= 0.6 is 0 Å². The van der Waals surface area contributed by atoms with E-state index >= 15 is 0 Å². The Morgan fingerprint density at radius 1 is 1.14 bits per heavy atom. The SMILES string of the molecule is Cc1ccc(NC(=O)CNCC(F)(F)F)cc1C(F)(F)F. The summed E-state index contributed by atoms with van der Waals surface area (Å²) in [7, 11) is 0. The van der Waals surface area contributed by atoms with E-state index in [-0.39, 0.29) is 11.3 Å². The smallest absolute Gasteiger partial charge is 0.325 e. The molecule has 2 N–H and O–H groups in total. The Balaban J connectivity index is 2.65. The van der Waals surface area contributed by atoms with Crippen LogP contribution in [-0.4, -0.2) is 25.2 Å². The van der Waals surface area contributed by atoms with Crippen LogP contribution < -0.4 is 10.6 Å². The van der Waals surface area contributed by atoms with Gasteiger partial charge >= 0.3 is 12.4 Å². The number of nitrogens with one attached hydrogen (secondary N) is 2. The first kappa shape index (κ1) is 17.3. The van der Waals surface area contributed by atoms with Crippen molar-refractivity contribution in [1.82, 2.24) is 5.32 Å². The molecule has 0 aliphatic heterocycles. The summed E-state index contributed by atoms with van der Waals surface area (Å²) in [5.74, 6) is -0.865. The molecule has 1 aromatic carbocycles. The van der Waals surface area contributed by atoms with Crippen molar-refractivity contribution in [2.75, 3.05) is 18.4 Å². The summed E-state index contributed by atoms with van der Waals surface area (Å²) in [6, 6.07) is 3.14. The van der Waals surface area contributed by atoms with Crippen molar-refractivity contribution in [3.8, 4) is 0 Å². The lowest BCUT2D eigenvalue weighted by Crippen LogP contribution is -2.35. The molecule has 118 valence electrons. The zero-order valence-corrected chi connectivity index (χ0v) is 10.8. The number of halogens is 6. The predicted molar refractivity (Wildman–Crippen MR) is 63.7 cm³/mol. The van der Waals surface area contributed by atoms with Crippen LogP contribution in [0.25, 0.3) is 0 Å². The van der Waals surface area contributed by atoms with Gasteiger partial charge in [-0.1, -0.05) is 6.07 Å². The van der Waals surface area contributed by atoms with Gasteiger partial charge in [0.05, 0.1) is 18.7 Å². The Labute approximate surface area is 116 Å². The van der Waals surface area contributed by atoms with Crippen molar-refractivity contribution in [1.29, 1.82) is 0 Å². The van der Waals surface area contributed by atoms with Crippen LogP contribution in [0.4, 0.5) is 32.0 Å². The fourth-order valence-electron chi connectivity index (χ4n) is 1.53. The maximum absolute atomic E-state index is 12.6. The van der Waals surface area contributed by atoms with Gasteiger partial charge in [0, 0.05) is 5.69 Å². The number of amides is 1. The largest absolute Gasteiger partial charge is 0.416 e. The van der Waals surface area contributed by atoms with Gasteiger partial charge in [-0.15, -0.1) is 0 Å². The maximum atomic E-state index is 12.6. The summed E-state index contributed by atoms with van der Waals surface area (Å²) >= 11 is 0. The van der Waals surface area contributed by atoms with Crippen molar-refractivity contribution in [2.24, 2.45) is 0 Å². The van der Waals surface area contributed by atoms with E-state index in [1.807, 2.05) is 5.32 Å². The fourth-order valence-corrected chi connectivity index (χ4v) is 1.53. The average molecular weight is 314 g/mol. The van der Waals surface area contributed by atoms with E-state index in [1.165, 1.54) is 19.1 Å². The van der Waals surface area contributed by atoms with Gasteiger partial charge in [0.2, 0.25) is 5.91 Å². The molecule has 0 bridgehead atoms. The van der Waals surface area contributed by atoms with Crippen molar-refractivity contribution in [3.63, 3.8) is 0 Å². The number of anilines is 1. The molecule has 0 aliphatic rings. The monoisotopic (exact) mass is 314 g/mol. The van der Waals surface area contributed by atoms with Crippen LogP contribution in [0.15, 0.2) is 18.2 Å². The van der Waals surface area contributed by atoms with Crippen molar-refractivity contribution in [2.45, 2.75) is 19.3 Å². The first-order valence-corrected chi connectivity index (χ1v) is 5.74. The molecule has 0 radical (unpaired) electrons. The second-order valence-electron chi connectivity index (χ2n) is 4.29. The van der Waals surface area contributed by atoms with Crippen LogP contribution in [0, 0.1) is 6.92 Å². The molecule has 1 amide bonds. The number of rotatable bonds is 4. The lowest BCUT2D eigenvalue weighted by Gasteiger charge is -2.13. The normalized spacial score (nSPS) is 12.3. The number of carbonyl (C=O) groups is 1. The third-order valence-electron chi connectivity index (χ3n) is 2.44. The minimum Gasteiger partial charge on any atom is -0.325 e. The standard InChI is InChI=1S/C12H12F6N2O/c1-7-2-3-8(4-9(7)12(16,17)18)20-10(21)5-19-6-11(13,14)15/h2-4,19H,5-6H2,1H3,(H,20,21). The summed E-state index contributed by atoms with van der Waals surface area (Å²) in [5.41, 5.74) is -1.06. The van der Waals surface area contributed by atoms with Crippen molar-refractivity contribution < 1.29 is 31.1 Å². The molecule has 3 nitrogen and oxygen atoms in total. The molecule has 1 aromatic rings. The van der Waals surface area contributed by atoms with E-state index in [1.54, 1.807) is 0 Å². The van der Waals surface area contributed by atoms with Gasteiger partial charge in [0.15, 0.2) is 0 Å². The van der Waals surface area contributed by atoms with Gasteiger partial charge in [-0.2, -0.15) is 26.3 Å². The first-order valence-electron chi connectivity index (χ1n) is 5.74. The molecular weight excluding hydrogens is 302 g/mol. The van der Waals surface area contributed by atoms with Gasteiger partial charge < -0.3 is 10.6 Å². The summed E-state index contributed by atoms with van der Waals surface area (Å²) in [6.45, 7) is -0.754. The van der Waals surface area contributed by atoms with E-state index in [4.69, 9.17) is 0 Å². The predicted octanol–water partition coefficient (Wildman–Crippen LogP) is 3.10. The van der Waals surface area contributed by atoms with Crippen molar-refractivity contribution >= 4 is 11.6 Å². The van der Waals surface area contributed by atoms with Crippen molar-refractivity contribution in [3.05, 3.63) is 29.3 Å². The van der Waals surface area contributed by atoms with Crippen LogP contribution in [0.1, 0.15) is 11.1 Å². The average Bonchev–Trinajstić information content (AvgIpc) is 2.28. The number of hydrogen-bond donors (Lipinski definition) is 2. The fraction of sp³-hybridized carbons (Fsp3) is 0.417. The quantitative estimate of drug-likeness (QED) is 0.839. The Kier molecular flexibility index (Phi) is 5.21. The van der Waals surface area contributed by atoms with Gasteiger partial charge in [-0.3, -0.25) is 4.79 Å². The van der Waals surface area contributed by atoms with Gasteiger partial charge in [0.1, 0.15) is 0 Å². The third kappa shape index (κ3) is 6.03. The first-order chi connectivity index (χ1) is 9.49. The maximum Gasteiger partial charge on any atom is 0.416 e. The highest BCUT2D eigenvalue weighted by molar-refractivity contribution is 5.92. The number of aryl methyl sites for hydroxylation is 1. The number of alkyl halides is 6. The van der Waals surface area contributed by atoms with Crippen LogP contribution in [0.5, 0.6) is 0 Å². The highest BCUT2D eigenvalue weighted by atomic mass is 19.4. The van der Waals surface area contributed by atoms with Crippen LogP contribution in [-0.2, 0) is 11.0 Å². The molecule has 21 heavy (non-hydrogen) atoms. The Bertz CT molecular complexity index is 509. The lowest BCUT2D eigenvalue weighted by atomic mass is 10.1. The Hall–Kier alpha value is -1.77. The third-order valence-corrected chi connectivity index (χ3v) is 2.44. The molecule has 0 spiro atoms. The van der Waals surface area contributed by atoms with Gasteiger partial charge in [-0.25, -0.2) is 0 Å². The number of hydrogen-bond acceptors (Lipinski definition) is 2. The summed E-state index contributed by atoms with van der Waals surface area (Å²) in [4.78, 5) is 11.3. The Morgan fingerprint density at radius 2 is 1.76 bits per heavy atom. The van der Waals surface area contributed by atoms with Gasteiger partial charge in [0.25, 0.3) is 0 Å². The molecule has 0 saturated heterocycles. The van der Waals surface area contributed by atoms with Gasteiger partial charge in [-0.05, 0) is 24.6 Å². The molecule has 0 unspecified atom stereocenters. The summed E-state index contributed by atoms with van der Waals surface area (Å²) in [5, 5.41) is 3.94. The summed E-state index contributed by atoms with van der Waals surface area (Å²) < 4.78 is 73.5. The number of carbonyl (C=O) groups excluding carboxylic acids is 1. The minimum absolute atomic E-state index is 0.0179. The van der Waals surface area contributed by atoms with E-state index in [2.05, 4.69) is 5.32 Å². The summed E-state index contributed by atoms with van der Waals surface area (Å²) in [6.07, 6.45) is -9.03. The zero-order chi connectivity index (χ0) is 16.3. The van der Waals surface area contributed by atoms with E-state index < -0.39 is 36.9 Å².